The fraction of sp³-hybridized carbons (Fsp3) is 0.360. The summed E-state index contributed by atoms with van der Waals surface area (Å²) in [5, 5.41) is 13.5. The number of sulfone groups is 1. The molecule has 8 rings (SSSR count). The van der Waals surface area contributed by atoms with Gasteiger partial charge in [-0.25, -0.2) is 50.2 Å². The zero-order chi connectivity index (χ0) is 68.6. The van der Waals surface area contributed by atoms with Crippen molar-refractivity contribution < 1.29 is 100 Å². The maximum absolute atomic E-state index is 14.5. The molecule has 5 amide bonds. The number of hydrogen-bond donors (Lipinski definition) is 8. The number of sulfonamides is 2. The van der Waals surface area contributed by atoms with E-state index in [1.807, 2.05) is 4.57 Å². The van der Waals surface area contributed by atoms with Gasteiger partial charge in [0.05, 0.1) is 63.1 Å². The van der Waals surface area contributed by atoms with Gasteiger partial charge < -0.3 is 38.4 Å². The zero-order valence-electron chi connectivity index (χ0n) is 49.2. The second-order valence-corrected chi connectivity index (χ2v) is 27.2. The number of amides is 5. The van der Waals surface area contributed by atoms with Crippen LogP contribution in [0.3, 0.4) is 0 Å². The topological polar surface area (TPSA) is 456 Å². The average molecular weight is 1390 g/mol. The number of terminal acetylenes is 1. The van der Waals surface area contributed by atoms with Crippen molar-refractivity contribution in [2.75, 3.05) is 68.6 Å². The standard InChI is InChI=1S/C18H17FN4O2S.C15H16F3N5O4S.C14H17N5O7S2.C3H8NO5P/c1-4-5-22-13-7-12(11(19)6-14(13)25-9-16(22)24)20-17-23-10-18(2,3)8-15(23)21-26-17;1-9-19-12(22-14(20-9)27-2)21-13(24)23-28(25,26)11-6-4-3-5-10(11)7-8-15(16,17)18;1-4-27(21,22)9-6-5-7-15-12(9)28(23,24)19-14(20)18-13-16-10(25-2)8-11(17-13)26-3;5-3(6)1-4-2-10(7,8)9/h1,6-7H,5,8-10H2,2-3H3;3-6H,7-8H2,1-2H3,(H2,19,20,21,22,23,24);5-8H,4H2,1-3H3,(H2,16,17,18,19,20);4H,1-2H2,(H,5,6)(H2,7,8,9)/b20-17-;;;. The minimum absolute atomic E-state index is 0.0612. The lowest BCUT2D eigenvalue weighted by Gasteiger charge is -2.28. The van der Waals surface area contributed by atoms with Crippen LogP contribution in [0.1, 0.15) is 44.4 Å². The van der Waals surface area contributed by atoms with E-state index in [1.54, 1.807) is 9.44 Å². The monoisotopic (exact) mass is 1390 g/mol. The summed E-state index contributed by atoms with van der Waals surface area (Å²) in [6.07, 6.45) is 0.517. The molecule has 6 aromatic rings. The number of nitrogens with one attached hydrogen (secondary N) is 5. The number of halogens is 4. The number of anilines is 3. The van der Waals surface area contributed by atoms with Gasteiger partial charge in [0.2, 0.25) is 28.5 Å². The normalized spacial score (nSPS) is 13.5. The van der Waals surface area contributed by atoms with E-state index in [0.29, 0.717) is 16.2 Å². The van der Waals surface area contributed by atoms with Gasteiger partial charge in [-0.3, -0.25) is 35.0 Å². The van der Waals surface area contributed by atoms with Crippen LogP contribution in [0.2, 0.25) is 0 Å². The number of carboxylic acids is 1. The van der Waals surface area contributed by atoms with Crippen molar-refractivity contribution in [3.05, 3.63) is 88.6 Å². The molecule has 8 N–H and O–H groups in total. The first kappa shape index (κ1) is 73.7. The van der Waals surface area contributed by atoms with Crippen LogP contribution in [0.4, 0.5) is 50.4 Å². The number of aliphatic carboxylic acids is 1. The molecule has 0 bridgehead atoms. The number of fused-ring (bicyclic) bond motifs is 2. The lowest BCUT2D eigenvalue weighted by molar-refractivity contribution is -0.136. The van der Waals surface area contributed by atoms with Crippen molar-refractivity contribution in [1.29, 1.82) is 0 Å². The van der Waals surface area contributed by atoms with Gasteiger partial charge in [0.25, 0.3) is 26.0 Å². The summed E-state index contributed by atoms with van der Waals surface area (Å²) >= 11 is 1.24. The molecule has 42 heteroatoms. The molecule has 2 aliphatic heterocycles. The largest absolute Gasteiger partial charge is 0.481 e. The third-order valence-corrected chi connectivity index (χ3v) is 17.6. The molecule has 4 aromatic heterocycles. The van der Waals surface area contributed by atoms with E-state index in [-0.39, 0.29) is 77.0 Å². The van der Waals surface area contributed by atoms with Gasteiger partial charge in [0, 0.05) is 43.2 Å². The molecule has 33 nitrogen and oxygen atoms in total. The molecule has 92 heavy (non-hydrogen) atoms. The second-order valence-electron chi connectivity index (χ2n) is 19.3. The van der Waals surface area contributed by atoms with Crippen molar-refractivity contribution >= 4 is 96.2 Å². The zero-order valence-corrected chi connectivity index (χ0v) is 53.4. The van der Waals surface area contributed by atoms with Crippen molar-refractivity contribution in [3.63, 3.8) is 0 Å². The van der Waals surface area contributed by atoms with Gasteiger partial charge >= 0.3 is 37.8 Å². The Labute approximate surface area is 525 Å². The predicted octanol–water partition coefficient (Wildman–Crippen LogP) is 3.44. The number of methoxy groups -OCH3 is 3. The summed E-state index contributed by atoms with van der Waals surface area (Å²) in [4.78, 5) is 90.4. The number of pyridine rings is 1. The highest BCUT2D eigenvalue weighted by molar-refractivity contribution is 7.93. The molecular formula is C50H58F4N15O18PS4. The highest BCUT2D eigenvalue weighted by Crippen LogP contribution is 2.38. The van der Waals surface area contributed by atoms with Crippen molar-refractivity contribution in [3.8, 4) is 35.9 Å². The maximum Gasteiger partial charge on any atom is 0.389 e. The number of carbonyl (C=O) groups excluding carboxylic acids is 3. The van der Waals surface area contributed by atoms with Gasteiger partial charge in [-0.1, -0.05) is 44.9 Å². The summed E-state index contributed by atoms with van der Waals surface area (Å²) in [5.74, 6) is 1.21. The van der Waals surface area contributed by atoms with Crippen LogP contribution in [-0.2, 0) is 63.4 Å². The molecule has 498 valence electrons. The molecule has 2 aliphatic rings. The summed E-state index contributed by atoms with van der Waals surface area (Å²) < 4.78 is 166. The summed E-state index contributed by atoms with van der Waals surface area (Å²) in [7, 11) is -13.1. The number of nitrogens with zero attached hydrogens (tertiary/aromatic N) is 10. The summed E-state index contributed by atoms with van der Waals surface area (Å²) in [5.41, 5.74) is 0.607. The quantitative estimate of drug-likeness (QED) is 0.0327. The SMILES string of the molecule is C#CCN1C(=O)COc2cc(F)c(/N=c3\snc4n3CC(C)(C)C4)cc21.CCS(=O)(=O)c1cccnc1S(=O)(=O)NC(=O)Nc1nc(OC)cc(OC)n1.COc1nc(C)nc(NC(=O)NS(=O)(=O)c2ccccc2CCC(F)(F)F)n1.O=C(O)CNCP(=O)(O)O. The number of benzene rings is 2. The van der Waals surface area contributed by atoms with Gasteiger partial charge in [0.1, 0.15) is 28.0 Å². The van der Waals surface area contributed by atoms with Gasteiger partial charge in [-0.05, 0) is 48.6 Å². The van der Waals surface area contributed by atoms with Crippen LogP contribution >= 0.6 is 19.1 Å². The van der Waals surface area contributed by atoms with E-state index in [0.717, 1.165) is 37.1 Å². The Bertz CT molecular complexity index is 4210. The maximum atomic E-state index is 14.5. The average Bonchev–Trinajstić information content (AvgIpc) is 1.41. The Kier molecular flexibility index (Phi) is 25.1. The Morgan fingerprint density at radius 2 is 1.51 bits per heavy atom. The molecule has 6 heterocycles. The third-order valence-electron chi connectivity index (χ3n) is 11.6. The number of alkyl halides is 3. The molecule has 0 saturated carbocycles. The van der Waals surface area contributed by atoms with Crippen LogP contribution in [0.5, 0.6) is 23.5 Å². The van der Waals surface area contributed by atoms with E-state index < -0.39 is 108 Å². The van der Waals surface area contributed by atoms with Crippen LogP contribution in [0.15, 0.2) is 80.6 Å². The summed E-state index contributed by atoms with van der Waals surface area (Å²) in [6, 6.07) is 9.04. The molecule has 0 unspecified atom stereocenters. The third kappa shape index (κ3) is 21.8. The van der Waals surface area contributed by atoms with Crippen LogP contribution in [0, 0.1) is 30.5 Å². The van der Waals surface area contributed by atoms with E-state index in [1.165, 1.54) is 94.1 Å². The fourth-order valence-electron chi connectivity index (χ4n) is 7.65. The van der Waals surface area contributed by atoms with Gasteiger partial charge in [-0.15, -0.1) is 6.42 Å². The second kappa shape index (κ2) is 31.3. The number of hydrogen-bond acceptors (Lipinski definition) is 25. The lowest BCUT2D eigenvalue weighted by Crippen LogP contribution is -2.39. The fourth-order valence-corrected chi connectivity index (χ4v) is 12.5. The number of carboxylic acid groups (broad SMARTS) is 1. The molecule has 0 saturated heterocycles. The minimum atomic E-state index is -4.61. The molecule has 0 spiro atoms. The Morgan fingerprint density at radius 3 is 2.10 bits per heavy atom. The highest BCUT2D eigenvalue weighted by Gasteiger charge is 2.33. The molecular weight excluding hydrogens is 1330 g/mol. The molecule has 0 radical (unpaired) electrons. The number of carbonyl (C=O) groups is 4. The molecule has 0 fully saturated rings. The first-order valence-corrected chi connectivity index (χ1v) is 33.1. The first-order chi connectivity index (χ1) is 42.9. The van der Waals surface area contributed by atoms with E-state index in [9.17, 15) is 66.6 Å². The first-order valence-electron chi connectivity index (χ1n) is 25.9. The number of aromatic nitrogens is 8. The van der Waals surface area contributed by atoms with Gasteiger partial charge in [-0.2, -0.15) is 50.9 Å². The predicted molar refractivity (Wildman–Crippen MR) is 316 cm³/mol. The number of rotatable bonds is 19. The number of aryl methyl sites for hydroxylation is 2. The Hall–Kier alpha value is -9.04. The number of urea groups is 2. The van der Waals surface area contributed by atoms with Crippen LogP contribution < -0.4 is 54.0 Å². The van der Waals surface area contributed by atoms with Crippen molar-refractivity contribution in [2.45, 2.75) is 74.5 Å². The van der Waals surface area contributed by atoms with Crippen molar-refractivity contribution in [1.82, 2.24) is 53.6 Å². The summed E-state index contributed by atoms with van der Waals surface area (Å²) in [6.45, 7) is 7.47. The molecule has 0 atom stereocenters. The van der Waals surface area contributed by atoms with Crippen LogP contribution in [-0.4, -0.2) is 162 Å². The molecule has 0 aliphatic carbocycles. The minimum Gasteiger partial charge on any atom is -0.481 e. The molecule has 2 aromatic carbocycles. The smallest absolute Gasteiger partial charge is 0.389 e. The van der Waals surface area contributed by atoms with Crippen LogP contribution in [0.25, 0.3) is 0 Å². The number of ether oxygens (including phenoxy) is 4. The highest BCUT2D eigenvalue weighted by atomic mass is 32.2. The Balaban J connectivity index is 0.000000233. The van der Waals surface area contributed by atoms with E-state index >= 15 is 0 Å². The Morgan fingerprint density at radius 1 is 0.891 bits per heavy atom. The van der Waals surface area contributed by atoms with Gasteiger partial charge in [0.15, 0.2) is 27.3 Å². The van der Waals surface area contributed by atoms with E-state index in [4.69, 9.17) is 40.3 Å². The van der Waals surface area contributed by atoms with Crippen molar-refractivity contribution in [2.24, 2.45) is 10.4 Å². The lowest BCUT2D eigenvalue weighted by atomic mass is 9.92. The van der Waals surface area contributed by atoms with E-state index in [2.05, 4.69) is 75.0 Å².